The van der Waals surface area contributed by atoms with Crippen LogP contribution in [0.5, 0.6) is 5.75 Å². The van der Waals surface area contributed by atoms with Gasteiger partial charge in [-0.15, -0.1) is 0 Å². The summed E-state index contributed by atoms with van der Waals surface area (Å²) in [4.78, 5) is 4.27. The van der Waals surface area contributed by atoms with Crippen molar-refractivity contribution in [2.45, 2.75) is 18.8 Å². The molecule has 0 spiro atoms. The van der Waals surface area contributed by atoms with Gasteiger partial charge in [-0.3, -0.25) is 4.99 Å². The number of nitrogens with one attached hydrogen (secondary N) is 2. The smallest absolute Gasteiger partial charge is 0.191 e. The van der Waals surface area contributed by atoms with Crippen LogP contribution in [0.3, 0.4) is 0 Å². The number of rotatable bonds is 7. The molecule has 0 radical (unpaired) electrons. The predicted octanol–water partition coefficient (Wildman–Crippen LogP) is 2.11. The molecular formula is C21H27N3O2. The monoisotopic (exact) mass is 353 g/mol. The number of nitrogens with zero attached hydrogens (tertiary/aromatic N) is 1. The minimum absolute atomic E-state index is 0.0476. The molecule has 0 aromatic heterocycles. The fourth-order valence-electron chi connectivity index (χ4n) is 3.17. The second-order valence-corrected chi connectivity index (χ2v) is 6.46. The molecule has 0 bridgehead atoms. The Hall–Kier alpha value is -2.53. The van der Waals surface area contributed by atoms with Gasteiger partial charge in [-0.05, 0) is 29.2 Å². The van der Waals surface area contributed by atoms with Crippen molar-refractivity contribution in [2.24, 2.45) is 4.99 Å². The Balaban J connectivity index is 1.46. The van der Waals surface area contributed by atoms with Gasteiger partial charge in [0.1, 0.15) is 5.75 Å². The maximum atomic E-state index is 9.66. The quantitative estimate of drug-likeness (QED) is 0.527. The highest BCUT2D eigenvalue weighted by Gasteiger charge is 2.12. The second kappa shape index (κ2) is 9.25. The van der Waals surface area contributed by atoms with Crippen molar-refractivity contribution >= 4 is 5.96 Å². The third-order valence-corrected chi connectivity index (χ3v) is 4.69. The summed E-state index contributed by atoms with van der Waals surface area (Å²) in [6, 6.07) is 16.5. The Morgan fingerprint density at radius 1 is 1.19 bits per heavy atom. The average Bonchev–Trinajstić information content (AvgIpc) is 3.15. The summed E-state index contributed by atoms with van der Waals surface area (Å²) in [6.45, 7) is 2.33. The number of ether oxygens (including phenoxy) is 1. The Bertz CT molecular complexity index is 731. The van der Waals surface area contributed by atoms with E-state index in [1.54, 1.807) is 7.05 Å². The highest BCUT2D eigenvalue weighted by molar-refractivity contribution is 5.79. The van der Waals surface area contributed by atoms with E-state index >= 15 is 0 Å². The standard InChI is InChI=1S/C21H27N3O2/c1-22-21(24-14-19(15-25)17-5-3-2-4-6-17)23-11-9-16-7-8-20-18(13-16)10-12-26-20/h2-8,13,19,25H,9-12,14-15H2,1H3,(H2,22,23,24). The highest BCUT2D eigenvalue weighted by atomic mass is 16.5. The number of guanidine groups is 1. The van der Waals surface area contributed by atoms with E-state index in [1.165, 1.54) is 11.1 Å². The van der Waals surface area contributed by atoms with E-state index in [4.69, 9.17) is 4.74 Å². The summed E-state index contributed by atoms with van der Waals surface area (Å²) >= 11 is 0. The van der Waals surface area contributed by atoms with E-state index < -0.39 is 0 Å². The number of hydrogen-bond donors (Lipinski definition) is 3. The Morgan fingerprint density at radius 2 is 2.04 bits per heavy atom. The zero-order chi connectivity index (χ0) is 18.2. The number of aliphatic hydroxyl groups excluding tert-OH is 1. The van der Waals surface area contributed by atoms with Crippen LogP contribution in [-0.2, 0) is 12.8 Å². The lowest BCUT2D eigenvalue weighted by atomic mass is 10.0. The van der Waals surface area contributed by atoms with Gasteiger partial charge in [-0.1, -0.05) is 42.5 Å². The number of aliphatic hydroxyl groups is 1. The Morgan fingerprint density at radius 3 is 2.81 bits per heavy atom. The van der Waals surface area contributed by atoms with Gasteiger partial charge in [-0.25, -0.2) is 0 Å². The molecule has 0 fully saturated rings. The molecule has 0 saturated carbocycles. The first kappa shape index (κ1) is 18.3. The van der Waals surface area contributed by atoms with Crippen LogP contribution >= 0.6 is 0 Å². The molecule has 5 nitrogen and oxygen atoms in total. The van der Waals surface area contributed by atoms with Crippen LogP contribution in [0.25, 0.3) is 0 Å². The number of hydrogen-bond acceptors (Lipinski definition) is 3. The normalized spacial score (nSPS) is 14.5. The molecule has 1 atom stereocenters. The van der Waals surface area contributed by atoms with Crippen LogP contribution in [-0.4, -0.2) is 44.4 Å². The maximum Gasteiger partial charge on any atom is 0.191 e. The molecule has 1 aliphatic rings. The lowest BCUT2D eigenvalue weighted by molar-refractivity contribution is 0.265. The van der Waals surface area contributed by atoms with Crippen molar-refractivity contribution in [3.8, 4) is 5.75 Å². The number of benzene rings is 2. The van der Waals surface area contributed by atoms with Gasteiger partial charge in [0, 0.05) is 32.5 Å². The minimum atomic E-state index is 0.0476. The molecule has 138 valence electrons. The fraction of sp³-hybridized carbons (Fsp3) is 0.381. The molecule has 0 aliphatic carbocycles. The molecule has 0 amide bonds. The van der Waals surface area contributed by atoms with Gasteiger partial charge in [0.15, 0.2) is 5.96 Å². The number of fused-ring (bicyclic) bond motifs is 1. The van der Waals surface area contributed by atoms with Crippen LogP contribution in [0, 0.1) is 0 Å². The Kier molecular flexibility index (Phi) is 6.50. The SMILES string of the molecule is CN=C(NCCc1ccc2c(c1)CCO2)NCC(CO)c1ccccc1. The van der Waals surface area contributed by atoms with Crippen molar-refractivity contribution in [3.63, 3.8) is 0 Å². The van der Waals surface area contributed by atoms with Crippen molar-refractivity contribution in [1.29, 1.82) is 0 Å². The lowest BCUT2D eigenvalue weighted by Gasteiger charge is -2.18. The molecule has 5 heteroatoms. The first-order valence-electron chi connectivity index (χ1n) is 9.15. The van der Waals surface area contributed by atoms with Crippen LogP contribution in [0.2, 0.25) is 0 Å². The highest BCUT2D eigenvalue weighted by Crippen LogP contribution is 2.25. The summed E-state index contributed by atoms with van der Waals surface area (Å²) in [7, 11) is 1.76. The van der Waals surface area contributed by atoms with Crippen molar-refractivity contribution in [2.75, 3.05) is 33.4 Å². The van der Waals surface area contributed by atoms with E-state index in [0.717, 1.165) is 43.3 Å². The van der Waals surface area contributed by atoms with E-state index in [9.17, 15) is 5.11 Å². The molecule has 2 aromatic carbocycles. The molecule has 26 heavy (non-hydrogen) atoms. The summed E-state index contributed by atoms with van der Waals surface area (Å²) in [6.07, 6.45) is 1.93. The van der Waals surface area contributed by atoms with Gasteiger partial charge in [0.05, 0.1) is 13.2 Å². The molecular weight excluding hydrogens is 326 g/mol. The van der Waals surface area contributed by atoms with E-state index in [-0.39, 0.29) is 12.5 Å². The molecule has 0 saturated heterocycles. The van der Waals surface area contributed by atoms with Crippen LogP contribution in [0.4, 0.5) is 0 Å². The van der Waals surface area contributed by atoms with Gasteiger partial charge in [-0.2, -0.15) is 0 Å². The molecule has 1 aliphatic heterocycles. The van der Waals surface area contributed by atoms with Crippen LogP contribution in [0.1, 0.15) is 22.6 Å². The third-order valence-electron chi connectivity index (χ3n) is 4.69. The van der Waals surface area contributed by atoms with E-state index in [0.29, 0.717) is 6.54 Å². The maximum absolute atomic E-state index is 9.66. The zero-order valence-electron chi connectivity index (χ0n) is 15.2. The van der Waals surface area contributed by atoms with E-state index in [1.807, 2.05) is 30.3 Å². The minimum Gasteiger partial charge on any atom is -0.493 e. The van der Waals surface area contributed by atoms with Gasteiger partial charge in [0.2, 0.25) is 0 Å². The third kappa shape index (κ3) is 4.76. The summed E-state index contributed by atoms with van der Waals surface area (Å²) in [5.41, 5.74) is 3.73. The largest absolute Gasteiger partial charge is 0.493 e. The molecule has 3 N–H and O–H groups in total. The molecule has 1 unspecified atom stereocenters. The number of aliphatic imine (C=N–C) groups is 1. The van der Waals surface area contributed by atoms with Crippen molar-refractivity contribution in [3.05, 3.63) is 65.2 Å². The van der Waals surface area contributed by atoms with Crippen molar-refractivity contribution in [1.82, 2.24) is 10.6 Å². The first-order valence-corrected chi connectivity index (χ1v) is 9.15. The van der Waals surface area contributed by atoms with Crippen LogP contribution in [0.15, 0.2) is 53.5 Å². The molecule has 3 rings (SSSR count). The predicted molar refractivity (Wildman–Crippen MR) is 105 cm³/mol. The van der Waals surface area contributed by atoms with E-state index in [2.05, 4.69) is 33.8 Å². The molecule has 2 aromatic rings. The first-order chi connectivity index (χ1) is 12.8. The second-order valence-electron chi connectivity index (χ2n) is 6.46. The Labute approximate surface area is 155 Å². The topological polar surface area (TPSA) is 65.9 Å². The van der Waals surface area contributed by atoms with Gasteiger partial charge >= 0.3 is 0 Å². The zero-order valence-corrected chi connectivity index (χ0v) is 15.2. The summed E-state index contributed by atoms with van der Waals surface area (Å²) < 4.78 is 5.55. The average molecular weight is 353 g/mol. The lowest BCUT2D eigenvalue weighted by Crippen LogP contribution is -2.40. The molecule has 1 heterocycles. The summed E-state index contributed by atoms with van der Waals surface area (Å²) in [5.74, 6) is 1.82. The van der Waals surface area contributed by atoms with Crippen molar-refractivity contribution < 1.29 is 9.84 Å². The van der Waals surface area contributed by atoms with Gasteiger partial charge in [0.25, 0.3) is 0 Å². The van der Waals surface area contributed by atoms with Gasteiger partial charge < -0.3 is 20.5 Å². The fourth-order valence-corrected chi connectivity index (χ4v) is 3.17. The van der Waals surface area contributed by atoms with Crippen LogP contribution < -0.4 is 15.4 Å². The summed E-state index contributed by atoms with van der Waals surface area (Å²) in [5, 5.41) is 16.3.